The number of carboxylic acids is 1. The summed E-state index contributed by atoms with van der Waals surface area (Å²) in [5, 5.41) is 8.79. The van der Waals surface area contributed by atoms with Crippen molar-refractivity contribution in [2.75, 3.05) is 19.8 Å². The Labute approximate surface area is 192 Å². The Morgan fingerprint density at radius 2 is 1.03 bits per heavy atom. The fourth-order valence-electron chi connectivity index (χ4n) is 3.43. The standard InChI is InChI=1S/C27H38O5/c1-2-3-4-5-6-7-8-9-10-19-30-25-15-17-26(18-16-25)32-21-20-31-24-13-11-23(12-14-24)22-27(28)29/h11-18H,2-10,19-22H2,1H3,(H,28,29). The molecular formula is C27H38O5. The number of rotatable bonds is 18. The quantitative estimate of drug-likeness (QED) is 0.261. The molecule has 0 spiro atoms. The van der Waals surface area contributed by atoms with E-state index in [1.54, 1.807) is 24.3 Å². The number of aliphatic carboxylic acids is 1. The van der Waals surface area contributed by atoms with Crippen LogP contribution in [0.3, 0.4) is 0 Å². The third kappa shape index (κ3) is 11.6. The van der Waals surface area contributed by atoms with Gasteiger partial charge >= 0.3 is 5.97 Å². The van der Waals surface area contributed by atoms with Crippen molar-refractivity contribution in [3.63, 3.8) is 0 Å². The first-order valence-corrected chi connectivity index (χ1v) is 12.0. The monoisotopic (exact) mass is 442 g/mol. The highest BCUT2D eigenvalue weighted by molar-refractivity contribution is 5.70. The van der Waals surface area contributed by atoms with Gasteiger partial charge in [-0.3, -0.25) is 4.79 Å². The molecule has 0 aliphatic heterocycles. The van der Waals surface area contributed by atoms with Crippen LogP contribution in [-0.4, -0.2) is 30.9 Å². The number of carboxylic acid groups (broad SMARTS) is 1. The Kier molecular flexibility index (Phi) is 12.8. The van der Waals surface area contributed by atoms with E-state index in [0.29, 0.717) is 19.0 Å². The van der Waals surface area contributed by atoms with E-state index in [1.807, 2.05) is 24.3 Å². The molecule has 0 radical (unpaired) electrons. The molecule has 0 aromatic heterocycles. The van der Waals surface area contributed by atoms with Gasteiger partial charge in [-0.25, -0.2) is 0 Å². The molecule has 2 aromatic rings. The minimum absolute atomic E-state index is 0.0162. The fraction of sp³-hybridized carbons (Fsp3) is 0.519. The van der Waals surface area contributed by atoms with Gasteiger partial charge in [-0.15, -0.1) is 0 Å². The predicted octanol–water partition coefficient (Wildman–Crippen LogP) is 6.68. The zero-order chi connectivity index (χ0) is 22.9. The van der Waals surface area contributed by atoms with E-state index in [2.05, 4.69) is 6.92 Å². The lowest BCUT2D eigenvalue weighted by molar-refractivity contribution is -0.136. The molecule has 0 heterocycles. The fourth-order valence-corrected chi connectivity index (χ4v) is 3.43. The Morgan fingerprint density at radius 3 is 1.50 bits per heavy atom. The highest BCUT2D eigenvalue weighted by Crippen LogP contribution is 2.18. The summed E-state index contributed by atoms with van der Waals surface area (Å²) in [4.78, 5) is 10.7. The van der Waals surface area contributed by atoms with E-state index in [4.69, 9.17) is 19.3 Å². The second kappa shape index (κ2) is 16.0. The lowest BCUT2D eigenvalue weighted by atomic mass is 10.1. The highest BCUT2D eigenvalue weighted by atomic mass is 16.5. The van der Waals surface area contributed by atoms with Crippen molar-refractivity contribution in [2.24, 2.45) is 0 Å². The van der Waals surface area contributed by atoms with Gasteiger partial charge in [0.1, 0.15) is 30.5 Å². The van der Waals surface area contributed by atoms with Gasteiger partial charge in [0.15, 0.2) is 0 Å². The third-order valence-electron chi connectivity index (χ3n) is 5.24. The maximum absolute atomic E-state index is 10.7. The second-order valence-corrected chi connectivity index (χ2v) is 8.06. The summed E-state index contributed by atoms with van der Waals surface area (Å²) >= 11 is 0. The third-order valence-corrected chi connectivity index (χ3v) is 5.24. The van der Waals surface area contributed by atoms with E-state index in [1.165, 1.54) is 51.4 Å². The molecule has 0 atom stereocenters. The molecular weight excluding hydrogens is 404 g/mol. The van der Waals surface area contributed by atoms with Crippen LogP contribution in [0.4, 0.5) is 0 Å². The molecule has 32 heavy (non-hydrogen) atoms. The summed E-state index contributed by atoms with van der Waals surface area (Å²) < 4.78 is 17.2. The first-order valence-electron chi connectivity index (χ1n) is 12.0. The Hall–Kier alpha value is -2.69. The van der Waals surface area contributed by atoms with Crippen molar-refractivity contribution in [3.05, 3.63) is 54.1 Å². The van der Waals surface area contributed by atoms with Crippen molar-refractivity contribution in [3.8, 4) is 17.2 Å². The van der Waals surface area contributed by atoms with Crippen LogP contribution >= 0.6 is 0 Å². The van der Waals surface area contributed by atoms with Crippen LogP contribution < -0.4 is 14.2 Å². The van der Waals surface area contributed by atoms with Gasteiger partial charge in [-0.1, -0.05) is 70.4 Å². The van der Waals surface area contributed by atoms with Gasteiger partial charge < -0.3 is 19.3 Å². The number of hydrogen-bond donors (Lipinski definition) is 1. The van der Waals surface area contributed by atoms with Crippen LogP contribution in [0.15, 0.2) is 48.5 Å². The largest absolute Gasteiger partial charge is 0.494 e. The molecule has 0 fully saturated rings. The second-order valence-electron chi connectivity index (χ2n) is 8.06. The molecule has 0 aliphatic rings. The molecule has 1 N–H and O–H groups in total. The van der Waals surface area contributed by atoms with E-state index in [0.717, 1.165) is 30.1 Å². The van der Waals surface area contributed by atoms with Crippen LogP contribution in [-0.2, 0) is 11.2 Å². The summed E-state index contributed by atoms with van der Waals surface area (Å²) in [7, 11) is 0. The lowest BCUT2D eigenvalue weighted by Crippen LogP contribution is -2.09. The van der Waals surface area contributed by atoms with Crippen molar-refractivity contribution in [1.82, 2.24) is 0 Å². The molecule has 0 unspecified atom stereocenters. The maximum atomic E-state index is 10.7. The van der Waals surface area contributed by atoms with E-state index in [9.17, 15) is 4.79 Å². The lowest BCUT2D eigenvalue weighted by Gasteiger charge is -2.10. The van der Waals surface area contributed by atoms with Crippen LogP contribution in [0.25, 0.3) is 0 Å². The minimum Gasteiger partial charge on any atom is -0.494 e. The summed E-state index contributed by atoms with van der Waals surface area (Å²) in [6.07, 6.45) is 11.8. The molecule has 5 nitrogen and oxygen atoms in total. The molecule has 0 saturated heterocycles. The van der Waals surface area contributed by atoms with Gasteiger partial charge in [0.2, 0.25) is 0 Å². The van der Waals surface area contributed by atoms with Crippen molar-refractivity contribution in [1.29, 1.82) is 0 Å². The SMILES string of the molecule is CCCCCCCCCCCOc1ccc(OCCOc2ccc(CC(=O)O)cc2)cc1. The predicted molar refractivity (Wildman–Crippen MR) is 128 cm³/mol. The molecule has 0 bridgehead atoms. The van der Waals surface area contributed by atoms with Gasteiger partial charge in [-0.2, -0.15) is 0 Å². The molecule has 0 saturated carbocycles. The molecule has 2 rings (SSSR count). The van der Waals surface area contributed by atoms with Gasteiger partial charge in [0.05, 0.1) is 13.0 Å². The summed E-state index contributed by atoms with van der Waals surface area (Å²) in [5.41, 5.74) is 0.751. The topological polar surface area (TPSA) is 65.0 Å². The molecule has 5 heteroatoms. The first-order chi connectivity index (χ1) is 15.7. The smallest absolute Gasteiger partial charge is 0.307 e. The van der Waals surface area contributed by atoms with E-state index in [-0.39, 0.29) is 6.42 Å². The number of unbranched alkanes of at least 4 members (excludes halogenated alkanes) is 8. The molecule has 176 valence electrons. The Morgan fingerprint density at radius 1 is 0.625 bits per heavy atom. The van der Waals surface area contributed by atoms with Gasteiger partial charge in [0.25, 0.3) is 0 Å². The molecule has 2 aromatic carbocycles. The van der Waals surface area contributed by atoms with Crippen LogP contribution in [0.2, 0.25) is 0 Å². The molecule has 0 aliphatic carbocycles. The first kappa shape index (κ1) is 25.6. The maximum Gasteiger partial charge on any atom is 0.307 e. The zero-order valence-corrected chi connectivity index (χ0v) is 19.4. The normalized spacial score (nSPS) is 10.7. The number of ether oxygens (including phenoxy) is 3. The summed E-state index contributed by atoms with van der Waals surface area (Å²) in [6, 6.07) is 14.8. The Bertz CT molecular complexity index is 740. The summed E-state index contributed by atoms with van der Waals surface area (Å²) in [6.45, 7) is 3.85. The highest BCUT2D eigenvalue weighted by Gasteiger charge is 2.02. The minimum atomic E-state index is -0.841. The van der Waals surface area contributed by atoms with Crippen molar-refractivity contribution in [2.45, 2.75) is 71.1 Å². The molecule has 0 amide bonds. The Balaban J connectivity index is 1.51. The van der Waals surface area contributed by atoms with Gasteiger partial charge in [0, 0.05) is 0 Å². The zero-order valence-electron chi connectivity index (χ0n) is 19.4. The number of benzene rings is 2. The van der Waals surface area contributed by atoms with Crippen molar-refractivity contribution < 1.29 is 24.1 Å². The van der Waals surface area contributed by atoms with Crippen LogP contribution in [0.1, 0.15) is 70.3 Å². The van der Waals surface area contributed by atoms with E-state index < -0.39 is 5.97 Å². The number of hydrogen-bond acceptors (Lipinski definition) is 4. The average Bonchev–Trinajstić information content (AvgIpc) is 2.79. The van der Waals surface area contributed by atoms with Gasteiger partial charge in [-0.05, 0) is 48.4 Å². The van der Waals surface area contributed by atoms with Crippen molar-refractivity contribution >= 4 is 5.97 Å². The summed E-state index contributed by atoms with van der Waals surface area (Å²) in [5.74, 6) is 1.51. The van der Waals surface area contributed by atoms with Crippen LogP contribution in [0.5, 0.6) is 17.2 Å². The number of carbonyl (C=O) groups is 1. The average molecular weight is 443 g/mol. The van der Waals surface area contributed by atoms with Crippen LogP contribution in [0, 0.1) is 0 Å². The van der Waals surface area contributed by atoms with E-state index >= 15 is 0 Å².